The Labute approximate surface area is 170 Å². The number of carbonyl (C=O) groups is 1. The predicted octanol–water partition coefficient (Wildman–Crippen LogP) is 3.53. The molecule has 3 aromatic rings. The molecule has 6 nitrogen and oxygen atoms in total. The zero-order chi connectivity index (χ0) is 20.2. The van der Waals surface area contributed by atoms with Gasteiger partial charge in [0.2, 0.25) is 0 Å². The number of amides is 1. The molecule has 0 radical (unpaired) electrons. The Bertz CT molecular complexity index is 1050. The number of rotatable bonds is 4. The van der Waals surface area contributed by atoms with Gasteiger partial charge in [0.15, 0.2) is 0 Å². The summed E-state index contributed by atoms with van der Waals surface area (Å²) in [4.78, 5) is 19.5. The number of carbonyl (C=O) groups excluding carboxylic acids is 1. The lowest BCUT2D eigenvalue weighted by Gasteiger charge is -2.28. The smallest absolute Gasteiger partial charge is 0.272 e. The zero-order valence-electron chi connectivity index (χ0n) is 16.7. The van der Waals surface area contributed by atoms with Crippen LogP contribution in [0.3, 0.4) is 0 Å². The predicted molar refractivity (Wildman–Crippen MR) is 116 cm³/mol. The molecule has 0 atom stereocenters. The van der Waals surface area contributed by atoms with Gasteiger partial charge in [-0.1, -0.05) is 30.3 Å². The topological polar surface area (TPSA) is 66.8 Å². The highest BCUT2D eigenvalue weighted by Crippen LogP contribution is 2.19. The lowest BCUT2D eigenvalue weighted by molar-refractivity contribution is 0.0956. The van der Waals surface area contributed by atoms with E-state index in [2.05, 4.69) is 32.5 Å². The van der Waals surface area contributed by atoms with Gasteiger partial charge in [0.05, 0.1) is 30.0 Å². The highest BCUT2D eigenvalue weighted by Gasteiger charge is 2.13. The fourth-order valence-corrected chi connectivity index (χ4v) is 3.49. The van der Waals surface area contributed by atoms with E-state index < -0.39 is 0 Å². The van der Waals surface area contributed by atoms with Crippen molar-refractivity contribution in [3.63, 3.8) is 0 Å². The number of nitrogens with one attached hydrogen (secondary N) is 1. The van der Waals surface area contributed by atoms with Crippen LogP contribution in [-0.2, 0) is 4.74 Å². The van der Waals surface area contributed by atoms with Gasteiger partial charge in [-0.05, 0) is 43.7 Å². The van der Waals surface area contributed by atoms with Crippen LogP contribution in [0.5, 0.6) is 0 Å². The summed E-state index contributed by atoms with van der Waals surface area (Å²) in [5.74, 6) is -0.240. The van der Waals surface area contributed by atoms with Crippen molar-refractivity contribution in [3.8, 4) is 0 Å². The largest absolute Gasteiger partial charge is 0.378 e. The summed E-state index contributed by atoms with van der Waals surface area (Å²) in [6.07, 6.45) is 0. The molecule has 1 amide bonds. The summed E-state index contributed by atoms with van der Waals surface area (Å²) in [5, 5.41) is 5.13. The molecule has 0 spiro atoms. The van der Waals surface area contributed by atoms with Gasteiger partial charge in [0, 0.05) is 29.9 Å². The van der Waals surface area contributed by atoms with Gasteiger partial charge >= 0.3 is 0 Å². The van der Waals surface area contributed by atoms with Crippen LogP contribution in [0.4, 0.5) is 5.69 Å². The third-order valence-corrected chi connectivity index (χ3v) is 5.08. The molecule has 4 rings (SSSR count). The zero-order valence-corrected chi connectivity index (χ0v) is 16.7. The average Bonchev–Trinajstić information content (AvgIpc) is 2.77. The van der Waals surface area contributed by atoms with E-state index in [9.17, 15) is 4.79 Å². The fourth-order valence-electron chi connectivity index (χ4n) is 3.49. The second-order valence-corrected chi connectivity index (χ2v) is 7.11. The van der Waals surface area contributed by atoms with Crippen LogP contribution in [0.15, 0.2) is 59.7 Å². The lowest BCUT2D eigenvalue weighted by Crippen LogP contribution is -2.36. The summed E-state index contributed by atoms with van der Waals surface area (Å²) >= 11 is 0. The normalized spacial score (nSPS) is 14.8. The number of aromatic nitrogens is 1. The second-order valence-electron chi connectivity index (χ2n) is 7.11. The summed E-state index contributed by atoms with van der Waals surface area (Å²) in [6.45, 7) is 7.10. The first-order chi connectivity index (χ1) is 14.1. The van der Waals surface area contributed by atoms with E-state index in [-0.39, 0.29) is 5.91 Å². The molecule has 1 fully saturated rings. The number of benzene rings is 2. The van der Waals surface area contributed by atoms with Crippen molar-refractivity contribution < 1.29 is 9.53 Å². The van der Waals surface area contributed by atoms with Gasteiger partial charge in [-0.2, -0.15) is 5.10 Å². The molecule has 1 aromatic heterocycles. The summed E-state index contributed by atoms with van der Waals surface area (Å²) in [7, 11) is 0. The third-order valence-electron chi connectivity index (χ3n) is 5.08. The van der Waals surface area contributed by atoms with Crippen molar-refractivity contribution in [1.82, 2.24) is 10.4 Å². The summed E-state index contributed by atoms with van der Waals surface area (Å²) in [6, 6.07) is 17.6. The number of hydrazone groups is 1. The molecule has 0 unspecified atom stereocenters. The van der Waals surface area contributed by atoms with Gasteiger partial charge in [0.25, 0.3) is 5.91 Å². The Balaban J connectivity index is 1.49. The van der Waals surface area contributed by atoms with Crippen molar-refractivity contribution in [1.29, 1.82) is 0 Å². The first kappa shape index (κ1) is 19.1. The van der Waals surface area contributed by atoms with Gasteiger partial charge in [-0.25, -0.2) is 5.43 Å². The molecule has 0 saturated carbocycles. The second kappa shape index (κ2) is 8.41. The molecular weight excluding hydrogens is 364 g/mol. The Morgan fingerprint density at radius 1 is 1.10 bits per heavy atom. The Morgan fingerprint density at radius 2 is 1.83 bits per heavy atom. The van der Waals surface area contributed by atoms with Crippen LogP contribution in [0.2, 0.25) is 0 Å². The van der Waals surface area contributed by atoms with Crippen LogP contribution in [0.25, 0.3) is 10.9 Å². The van der Waals surface area contributed by atoms with Crippen LogP contribution in [0.1, 0.15) is 28.5 Å². The van der Waals surface area contributed by atoms with Gasteiger partial charge in [-0.15, -0.1) is 0 Å². The van der Waals surface area contributed by atoms with Gasteiger partial charge in [0.1, 0.15) is 0 Å². The van der Waals surface area contributed by atoms with Crippen LogP contribution >= 0.6 is 0 Å². The number of hydrogen-bond acceptors (Lipinski definition) is 5. The van der Waals surface area contributed by atoms with E-state index >= 15 is 0 Å². The van der Waals surface area contributed by atoms with Crippen molar-refractivity contribution in [2.24, 2.45) is 5.10 Å². The summed E-state index contributed by atoms with van der Waals surface area (Å²) < 4.78 is 5.40. The van der Waals surface area contributed by atoms with Crippen molar-refractivity contribution in [2.45, 2.75) is 13.8 Å². The Hall–Kier alpha value is -3.25. The van der Waals surface area contributed by atoms with E-state index in [0.717, 1.165) is 54.2 Å². The molecule has 1 aliphatic rings. The minimum absolute atomic E-state index is 0.240. The van der Waals surface area contributed by atoms with Crippen molar-refractivity contribution in [2.75, 3.05) is 31.2 Å². The maximum absolute atomic E-state index is 12.7. The quantitative estimate of drug-likeness (QED) is 0.548. The van der Waals surface area contributed by atoms with E-state index in [1.165, 1.54) is 5.69 Å². The molecule has 0 aliphatic carbocycles. The lowest BCUT2D eigenvalue weighted by atomic mass is 10.1. The van der Waals surface area contributed by atoms with Crippen LogP contribution < -0.4 is 10.3 Å². The third kappa shape index (κ3) is 4.27. The van der Waals surface area contributed by atoms with Crippen molar-refractivity contribution >= 4 is 28.2 Å². The van der Waals surface area contributed by atoms with Crippen LogP contribution in [0, 0.1) is 6.92 Å². The molecule has 148 valence electrons. The molecule has 1 saturated heterocycles. The average molecular weight is 388 g/mol. The fraction of sp³-hybridized carbons (Fsp3) is 0.261. The number of aryl methyl sites for hydroxylation is 1. The van der Waals surface area contributed by atoms with E-state index in [1.807, 2.05) is 50.2 Å². The van der Waals surface area contributed by atoms with Crippen molar-refractivity contribution in [3.05, 3.63) is 71.4 Å². The minimum Gasteiger partial charge on any atom is -0.378 e. The number of nitrogens with zero attached hydrogens (tertiary/aromatic N) is 3. The van der Waals surface area contributed by atoms with E-state index in [1.54, 1.807) is 6.07 Å². The molecule has 2 heterocycles. The molecule has 6 heteroatoms. The Morgan fingerprint density at radius 3 is 2.59 bits per heavy atom. The highest BCUT2D eigenvalue weighted by atomic mass is 16.5. The number of fused-ring (bicyclic) bond motifs is 1. The maximum atomic E-state index is 12.7. The molecule has 0 bridgehead atoms. The number of morpholine rings is 1. The first-order valence-corrected chi connectivity index (χ1v) is 9.76. The monoisotopic (exact) mass is 388 g/mol. The Kier molecular flexibility index (Phi) is 5.53. The number of ether oxygens (including phenoxy) is 1. The van der Waals surface area contributed by atoms with Gasteiger partial charge < -0.3 is 9.64 Å². The molecule has 29 heavy (non-hydrogen) atoms. The van der Waals surface area contributed by atoms with E-state index in [0.29, 0.717) is 5.56 Å². The SMILES string of the molecule is C/C(=N/NC(=O)c1cc(C)nc2ccccc12)c1ccc(N2CCOCC2)cc1. The number of pyridine rings is 1. The van der Waals surface area contributed by atoms with E-state index in [4.69, 9.17) is 4.74 Å². The maximum Gasteiger partial charge on any atom is 0.272 e. The molecule has 1 aliphatic heterocycles. The summed E-state index contributed by atoms with van der Waals surface area (Å²) in [5.41, 5.74) is 7.76. The number of para-hydroxylation sites is 1. The number of hydrogen-bond donors (Lipinski definition) is 1. The van der Waals surface area contributed by atoms with Crippen LogP contribution in [-0.4, -0.2) is 42.9 Å². The highest BCUT2D eigenvalue weighted by molar-refractivity contribution is 6.07. The molecular formula is C23H24N4O2. The molecule has 2 aromatic carbocycles. The van der Waals surface area contributed by atoms with Gasteiger partial charge in [-0.3, -0.25) is 9.78 Å². The number of anilines is 1. The minimum atomic E-state index is -0.240. The standard InChI is InChI=1S/C23H24N4O2/c1-16-15-21(20-5-3-4-6-22(20)24-16)23(28)26-25-17(2)18-7-9-19(10-8-18)27-11-13-29-14-12-27/h3-10,15H,11-14H2,1-2H3,(H,26,28)/b25-17-. The first-order valence-electron chi connectivity index (χ1n) is 9.76. The molecule has 1 N–H and O–H groups in total.